The summed E-state index contributed by atoms with van der Waals surface area (Å²) in [6.07, 6.45) is -3.73. The molecule has 6 atom stereocenters. The number of aliphatic hydroxyl groups is 2. The van der Waals surface area contributed by atoms with Crippen LogP contribution in [0.3, 0.4) is 0 Å². The second-order valence-electron chi connectivity index (χ2n) is 8.70. The molecule has 6 heteroatoms. The molecule has 0 aromatic heterocycles. The van der Waals surface area contributed by atoms with Gasteiger partial charge in [-0.3, -0.25) is 0 Å². The van der Waals surface area contributed by atoms with Crippen LogP contribution in [-0.4, -0.2) is 60.1 Å². The van der Waals surface area contributed by atoms with Gasteiger partial charge in [0.05, 0.1) is 26.4 Å². The molecule has 0 amide bonds. The van der Waals surface area contributed by atoms with Crippen molar-refractivity contribution >= 4 is 0 Å². The van der Waals surface area contributed by atoms with E-state index in [4.69, 9.17) is 18.9 Å². The second-order valence-corrected chi connectivity index (χ2v) is 8.70. The average Bonchev–Trinajstić information content (AvgIpc) is 3.52. The Balaban J connectivity index is 1.21. The summed E-state index contributed by atoms with van der Waals surface area (Å²) in [6.45, 7) is 1.03. The lowest BCUT2D eigenvalue weighted by atomic mass is 10.1. The Morgan fingerprint density at radius 2 is 0.900 bits per heavy atom. The van der Waals surface area contributed by atoms with Crippen molar-refractivity contribution in [3.05, 3.63) is 71.8 Å². The molecule has 0 aliphatic carbocycles. The van der Waals surface area contributed by atoms with Crippen LogP contribution in [0.5, 0.6) is 0 Å². The van der Waals surface area contributed by atoms with Crippen molar-refractivity contribution in [3.63, 3.8) is 0 Å². The number of benzene rings is 2. The fourth-order valence-electron chi connectivity index (χ4n) is 3.83. The highest BCUT2D eigenvalue weighted by molar-refractivity contribution is 5.44. The van der Waals surface area contributed by atoms with Crippen LogP contribution in [0.2, 0.25) is 0 Å². The minimum absolute atomic E-state index is 0.158. The summed E-state index contributed by atoms with van der Waals surface area (Å²) in [5, 5.41) is 20.2. The molecule has 40 heavy (non-hydrogen) atoms. The summed E-state index contributed by atoms with van der Waals surface area (Å²) in [7, 11) is 0. The molecule has 0 bridgehead atoms. The Kier molecular flexibility index (Phi) is 11.3. The lowest BCUT2D eigenvalue weighted by molar-refractivity contribution is -0.0317. The van der Waals surface area contributed by atoms with E-state index in [2.05, 4.69) is 71.0 Å². The van der Waals surface area contributed by atoms with Gasteiger partial charge in [-0.25, -0.2) is 0 Å². The van der Waals surface area contributed by atoms with E-state index in [0.717, 1.165) is 11.1 Å². The van der Waals surface area contributed by atoms with Crippen molar-refractivity contribution in [1.29, 1.82) is 0 Å². The van der Waals surface area contributed by atoms with Gasteiger partial charge < -0.3 is 29.2 Å². The molecule has 0 unspecified atom stereocenters. The van der Waals surface area contributed by atoms with Gasteiger partial charge in [0.1, 0.15) is 36.6 Å². The van der Waals surface area contributed by atoms with Crippen LogP contribution in [0.4, 0.5) is 0 Å². The van der Waals surface area contributed by atoms with Crippen LogP contribution >= 0.6 is 0 Å². The van der Waals surface area contributed by atoms with Crippen LogP contribution in [0.1, 0.15) is 11.1 Å². The maximum atomic E-state index is 10.1. The fourth-order valence-corrected chi connectivity index (χ4v) is 3.83. The summed E-state index contributed by atoms with van der Waals surface area (Å²) in [6, 6.07) is 19.4. The standard InChI is InChI=1S/C34H26O6/c35-29-25-37-31(33(29)39-23-27-17-11-9-12-18-27)21-15-7-5-3-1-2-4-6-8-16-22-32-34(30(36)26-38-32)40-24-28-19-13-10-14-20-28/h9-14,17-20,29-36H,23-26H2/t29-,30-,31+,32+,33+,34+/m1/s1. The smallest absolute Gasteiger partial charge is 0.148 e. The predicted molar refractivity (Wildman–Crippen MR) is 148 cm³/mol. The van der Waals surface area contributed by atoms with E-state index in [1.165, 1.54) is 0 Å². The summed E-state index contributed by atoms with van der Waals surface area (Å²) in [5.74, 6) is 31.8. The number of hydrogen-bond acceptors (Lipinski definition) is 6. The lowest BCUT2D eigenvalue weighted by Gasteiger charge is -2.17. The zero-order chi connectivity index (χ0) is 27.8. The van der Waals surface area contributed by atoms with Crippen molar-refractivity contribution < 1.29 is 29.2 Å². The highest BCUT2D eigenvalue weighted by Crippen LogP contribution is 2.20. The third-order valence-electron chi connectivity index (χ3n) is 5.81. The first-order valence-corrected chi connectivity index (χ1v) is 12.6. The Labute approximate surface area is 235 Å². The highest BCUT2D eigenvalue weighted by Gasteiger charge is 2.37. The SMILES string of the molecule is O[C@@H]1CO[C@@H](C#CC#CC#CC#CC#CC#C[C@@H]2OC[C@@H](O)[C@@H]2OCc2ccccc2)[C@H]1OCc1ccccc1. The molecule has 6 nitrogen and oxygen atoms in total. The van der Waals surface area contributed by atoms with Gasteiger partial charge in [-0.2, -0.15) is 0 Å². The Bertz CT molecular complexity index is 1380. The molecule has 2 aromatic rings. The van der Waals surface area contributed by atoms with Crippen molar-refractivity contribution in [1.82, 2.24) is 0 Å². The van der Waals surface area contributed by atoms with Crippen LogP contribution in [0, 0.1) is 71.0 Å². The fraction of sp³-hybridized carbons (Fsp3) is 0.294. The molecule has 2 N–H and O–H groups in total. The zero-order valence-electron chi connectivity index (χ0n) is 21.6. The minimum atomic E-state index is -0.747. The van der Waals surface area contributed by atoms with Crippen LogP contribution in [0.25, 0.3) is 0 Å². The van der Waals surface area contributed by atoms with E-state index < -0.39 is 36.6 Å². The number of rotatable bonds is 6. The van der Waals surface area contributed by atoms with E-state index in [1.54, 1.807) is 0 Å². The molecule has 2 aliphatic heterocycles. The predicted octanol–water partition coefficient (Wildman–Crippen LogP) is 1.70. The first-order valence-electron chi connectivity index (χ1n) is 12.6. The van der Waals surface area contributed by atoms with E-state index in [9.17, 15) is 10.2 Å². The Morgan fingerprint density at radius 1 is 0.550 bits per heavy atom. The van der Waals surface area contributed by atoms with E-state index in [0.29, 0.717) is 13.2 Å². The normalized spacial score (nSPS) is 24.1. The number of hydrogen-bond donors (Lipinski definition) is 2. The van der Waals surface area contributed by atoms with Crippen molar-refractivity contribution in [2.75, 3.05) is 13.2 Å². The topological polar surface area (TPSA) is 77.4 Å². The second kappa shape index (κ2) is 15.8. The molecular weight excluding hydrogens is 504 g/mol. The van der Waals surface area contributed by atoms with E-state index >= 15 is 0 Å². The Hall–Kier alpha value is -4.44. The molecule has 4 rings (SSSR count). The first kappa shape index (κ1) is 28.6. The van der Waals surface area contributed by atoms with Gasteiger partial charge in [-0.05, 0) is 70.3 Å². The molecule has 0 spiro atoms. The molecule has 2 aromatic carbocycles. The van der Waals surface area contributed by atoms with Gasteiger partial charge in [-0.15, -0.1) is 0 Å². The summed E-state index contributed by atoms with van der Waals surface area (Å²) in [5.41, 5.74) is 2.00. The first-order chi connectivity index (χ1) is 19.7. The molecule has 0 saturated carbocycles. The summed E-state index contributed by atoms with van der Waals surface area (Å²) >= 11 is 0. The number of aliphatic hydroxyl groups excluding tert-OH is 2. The van der Waals surface area contributed by atoms with Gasteiger partial charge in [0.15, 0.2) is 0 Å². The van der Waals surface area contributed by atoms with Gasteiger partial charge in [-0.1, -0.05) is 72.5 Å². The summed E-state index contributed by atoms with van der Waals surface area (Å²) < 4.78 is 22.6. The molecule has 0 radical (unpaired) electrons. The van der Waals surface area contributed by atoms with Crippen LogP contribution in [-0.2, 0) is 32.2 Å². The maximum Gasteiger partial charge on any atom is 0.148 e. The molecule has 2 aliphatic rings. The highest BCUT2D eigenvalue weighted by atomic mass is 16.6. The molecule has 2 heterocycles. The van der Waals surface area contributed by atoms with Gasteiger partial charge in [0.2, 0.25) is 0 Å². The van der Waals surface area contributed by atoms with Crippen molar-refractivity contribution in [3.8, 4) is 71.0 Å². The maximum absolute atomic E-state index is 10.1. The third-order valence-corrected chi connectivity index (χ3v) is 5.81. The molecule has 198 valence electrons. The van der Waals surface area contributed by atoms with Crippen LogP contribution < -0.4 is 0 Å². The summed E-state index contributed by atoms with van der Waals surface area (Å²) in [4.78, 5) is 0. The average molecular weight is 531 g/mol. The van der Waals surface area contributed by atoms with E-state index in [-0.39, 0.29) is 13.2 Å². The minimum Gasteiger partial charge on any atom is -0.388 e. The number of ether oxygens (including phenoxy) is 4. The molecule has 2 fully saturated rings. The third kappa shape index (κ3) is 9.09. The molecule has 2 saturated heterocycles. The van der Waals surface area contributed by atoms with Gasteiger partial charge in [0.25, 0.3) is 0 Å². The zero-order valence-corrected chi connectivity index (χ0v) is 21.6. The quantitative estimate of drug-likeness (QED) is 0.554. The largest absolute Gasteiger partial charge is 0.388 e. The van der Waals surface area contributed by atoms with E-state index in [1.807, 2.05) is 60.7 Å². The monoisotopic (exact) mass is 530 g/mol. The van der Waals surface area contributed by atoms with Crippen molar-refractivity contribution in [2.45, 2.75) is 49.8 Å². The van der Waals surface area contributed by atoms with Crippen LogP contribution in [0.15, 0.2) is 60.7 Å². The van der Waals surface area contributed by atoms with Gasteiger partial charge >= 0.3 is 0 Å². The van der Waals surface area contributed by atoms with Gasteiger partial charge in [0, 0.05) is 0 Å². The van der Waals surface area contributed by atoms with Crippen molar-refractivity contribution in [2.24, 2.45) is 0 Å². The molecular formula is C34H26O6. The lowest BCUT2D eigenvalue weighted by Crippen LogP contribution is -2.32. The Morgan fingerprint density at radius 3 is 1.27 bits per heavy atom.